The maximum atomic E-state index is 5.35. The minimum absolute atomic E-state index is 0. The summed E-state index contributed by atoms with van der Waals surface area (Å²) < 4.78 is 10.7. The van der Waals surface area contributed by atoms with Gasteiger partial charge >= 0.3 is 0 Å². The Hall–Kier alpha value is -1.70. The van der Waals surface area contributed by atoms with Crippen molar-refractivity contribution in [3.8, 4) is 5.75 Å². The first-order valence-electron chi connectivity index (χ1n) is 8.40. The van der Waals surface area contributed by atoms with E-state index in [1.54, 1.807) is 13.4 Å². The highest BCUT2D eigenvalue weighted by Crippen LogP contribution is 2.16. The maximum Gasteiger partial charge on any atom is 0.191 e. The van der Waals surface area contributed by atoms with Crippen molar-refractivity contribution in [1.82, 2.24) is 10.6 Å². The van der Waals surface area contributed by atoms with E-state index in [-0.39, 0.29) is 24.0 Å². The minimum atomic E-state index is 0. The minimum Gasteiger partial charge on any atom is -0.497 e. The lowest BCUT2D eigenvalue weighted by atomic mass is 10.1. The lowest BCUT2D eigenvalue weighted by Crippen LogP contribution is -2.38. The van der Waals surface area contributed by atoms with E-state index in [1.165, 1.54) is 5.56 Å². The molecular formula is C19H28IN3O2. The SMILES string of the molecule is CCCNC(=NCc1cc(C)cc(OC)c1)NCCc1ccco1.I. The van der Waals surface area contributed by atoms with Gasteiger partial charge in [0.25, 0.3) is 0 Å². The van der Waals surface area contributed by atoms with E-state index in [9.17, 15) is 0 Å². The van der Waals surface area contributed by atoms with E-state index in [0.29, 0.717) is 6.54 Å². The van der Waals surface area contributed by atoms with Crippen LogP contribution in [-0.2, 0) is 13.0 Å². The summed E-state index contributed by atoms with van der Waals surface area (Å²) in [6.45, 7) is 6.48. The van der Waals surface area contributed by atoms with Crippen LogP contribution in [0.4, 0.5) is 0 Å². The van der Waals surface area contributed by atoms with Crippen molar-refractivity contribution >= 4 is 29.9 Å². The molecule has 2 N–H and O–H groups in total. The molecule has 2 aromatic rings. The highest BCUT2D eigenvalue weighted by Gasteiger charge is 2.02. The highest BCUT2D eigenvalue weighted by molar-refractivity contribution is 14.0. The van der Waals surface area contributed by atoms with Crippen LogP contribution in [0.5, 0.6) is 5.75 Å². The molecule has 5 nitrogen and oxygen atoms in total. The first-order chi connectivity index (χ1) is 11.7. The zero-order valence-electron chi connectivity index (χ0n) is 15.2. The van der Waals surface area contributed by atoms with Gasteiger partial charge < -0.3 is 19.8 Å². The number of furan rings is 1. The van der Waals surface area contributed by atoms with Crippen LogP contribution in [0.2, 0.25) is 0 Å². The van der Waals surface area contributed by atoms with E-state index in [4.69, 9.17) is 9.15 Å². The first-order valence-corrected chi connectivity index (χ1v) is 8.40. The van der Waals surface area contributed by atoms with Crippen LogP contribution in [0.3, 0.4) is 0 Å². The summed E-state index contributed by atoms with van der Waals surface area (Å²) in [5.74, 6) is 2.67. The van der Waals surface area contributed by atoms with Crippen molar-refractivity contribution in [1.29, 1.82) is 0 Å². The number of halogens is 1. The molecule has 0 aliphatic carbocycles. The third-order valence-electron chi connectivity index (χ3n) is 3.55. The van der Waals surface area contributed by atoms with Crippen molar-refractivity contribution in [2.75, 3.05) is 20.2 Å². The summed E-state index contributed by atoms with van der Waals surface area (Å²) in [6.07, 6.45) is 3.58. The Labute approximate surface area is 167 Å². The highest BCUT2D eigenvalue weighted by atomic mass is 127. The number of methoxy groups -OCH3 is 1. The Morgan fingerprint density at radius 1 is 1.20 bits per heavy atom. The van der Waals surface area contributed by atoms with E-state index < -0.39 is 0 Å². The van der Waals surface area contributed by atoms with Gasteiger partial charge in [-0.15, -0.1) is 24.0 Å². The molecule has 0 spiro atoms. The van der Waals surface area contributed by atoms with Crippen LogP contribution in [0.15, 0.2) is 46.0 Å². The Kier molecular flexibility index (Phi) is 10.1. The lowest BCUT2D eigenvalue weighted by Gasteiger charge is -2.12. The topological polar surface area (TPSA) is 58.8 Å². The largest absolute Gasteiger partial charge is 0.497 e. The molecule has 0 radical (unpaired) electrons. The smallest absolute Gasteiger partial charge is 0.191 e. The summed E-state index contributed by atoms with van der Waals surface area (Å²) in [4.78, 5) is 4.68. The Morgan fingerprint density at radius 2 is 2.00 bits per heavy atom. The van der Waals surface area contributed by atoms with Gasteiger partial charge in [0, 0.05) is 19.5 Å². The van der Waals surface area contributed by atoms with Gasteiger partial charge in [0.2, 0.25) is 0 Å². The number of benzene rings is 1. The fourth-order valence-electron chi connectivity index (χ4n) is 2.38. The molecule has 0 aliphatic heterocycles. The standard InChI is InChI=1S/C19H27N3O2.HI/c1-4-8-20-19(21-9-7-17-6-5-10-24-17)22-14-16-11-15(2)12-18(13-16)23-3;/h5-6,10-13H,4,7-9,14H2,1-3H3,(H2,20,21,22);1H. The Balaban J connectivity index is 0.00000312. The number of hydrogen-bond donors (Lipinski definition) is 2. The third-order valence-corrected chi connectivity index (χ3v) is 3.55. The lowest BCUT2D eigenvalue weighted by molar-refractivity contribution is 0.414. The summed E-state index contributed by atoms with van der Waals surface area (Å²) in [5.41, 5.74) is 2.31. The maximum absolute atomic E-state index is 5.35. The van der Waals surface area contributed by atoms with E-state index in [2.05, 4.69) is 35.5 Å². The van der Waals surface area contributed by atoms with E-state index in [1.807, 2.05) is 24.3 Å². The number of aliphatic imine (C=N–C) groups is 1. The fraction of sp³-hybridized carbons (Fsp3) is 0.421. The van der Waals surface area contributed by atoms with Crippen molar-refractivity contribution in [2.45, 2.75) is 33.2 Å². The molecule has 0 bridgehead atoms. The molecule has 0 fully saturated rings. The Bertz CT molecular complexity index is 642. The van der Waals surface area contributed by atoms with Crippen LogP contribution >= 0.6 is 24.0 Å². The molecule has 0 atom stereocenters. The molecule has 1 heterocycles. The number of ether oxygens (including phenoxy) is 1. The van der Waals surface area contributed by atoms with Crippen LogP contribution in [0.1, 0.15) is 30.2 Å². The van der Waals surface area contributed by atoms with Crippen molar-refractivity contribution < 1.29 is 9.15 Å². The molecule has 2 rings (SSSR count). The quantitative estimate of drug-likeness (QED) is 0.359. The van der Waals surface area contributed by atoms with Gasteiger partial charge in [-0.05, 0) is 48.7 Å². The average Bonchev–Trinajstić information content (AvgIpc) is 3.09. The molecule has 1 aromatic carbocycles. The Morgan fingerprint density at radius 3 is 2.68 bits per heavy atom. The second kappa shape index (κ2) is 11.8. The molecule has 0 unspecified atom stereocenters. The van der Waals surface area contributed by atoms with Gasteiger partial charge in [-0.2, -0.15) is 0 Å². The van der Waals surface area contributed by atoms with E-state index in [0.717, 1.165) is 49.0 Å². The summed E-state index contributed by atoms with van der Waals surface area (Å²) in [7, 11) is 1.69. The van der Waals surface area contributed by atoms with Gasteiger partial charge in [-0.25, -0.2) is 4.99 Å². The normalized spacial score (nSPS) is 10.9. The second-order valence-electron chi connectivity index (χ2n) is 5.71. The number of aryl methyl sites for hydroxylation is 1. The first kappa shape index (κ1) is 21.3. The van der Waals surface area contributed by atoms with Gasteiger partial charge in [0.15, 0.2) is 5.96 Å². The summed E-state index contributed by atoms with van der Waals surface area (Å²) >= 11 is 0. The van der Waals surface area contributed by atoms with Crippen LogP contribution < -0.4 is 15.4 Å². The molecular weight excluding hydrogens is 429 g/mol. The molecule has 0 saturated heterocycles. The molecule has 25 heavy (non-hydrogen) atoms. The predicted molar refractivity (Wildman–Crippen MR) is 113 cm³/mol. The average molecular weight is 457 g/mol. The van der Waals surface area contributed by atoms with Crippen LogP contribution in [0.25, 0.3) is 0 Å². The number of hydrogen-bond acceptors (Lipinski definition) is 3. The van der Waals surface area contributed by atoms with Crippen LogP contribution in [0, 0.1) is 6.92 Å². The molecule has 0 aliphatic rings. The molecule has 0 amide bonds. The number of rotatable bonds is 8. The fourth-order valence-corrected chi connectivity index (χ4v) is 2.38. The summed E-state index contributed by atoms with van der Waals surface area (Å²) in [5, 5.41) is 6.69. The van der Waals surface area contributed by atoms with Gasteiger partial charge in [0.1, 0.15) is 11.5 Å². The third kappa shape index (κ3) is 7.81. The monoisotopic (exact) mass is 457 g/mol. The predicted octanol–water partition coefficient (Wildman–Crippen LogP) is 3.90. The molecule has 0 saturated carbocycles. The zero-order chi connectivity index (χ0) is 17.2. The number of nitrogens with one attached hydrogen (secondary N) is 2. The summed E-state index contributed by atoms with van der Waals surface area (Å²) in [6, 6.07) is 10.1. The molecule has 6 heteroatoms. The number of nitrogens with zero attached hydrogens (tertiary/aromatic N) is 1. The van der Waals surface area contributed by atoms with Gasteiger partial charge in [-0.1, -0.05) is 13.0 Å². The zero-order valence-corrected chi connectivity index (χ0v) is 17.5. The molecule has 1 aromatic heterocycles. The van der Waals surface area contributed by atoms with Gasteiger partial charge in [-0.3, -0.25) is 0 Å². The molecule has 138 valence electrons. The second-order valence-corrected chi connectivity index (χ2v) is 5.71. The van der Waals surface area contributed by atoms with E-state index >= 15 is 0 Å². The van der Waals surface area contributed by atoms with Crippen molar-refractivity contribution in [3.63, 3.8) is 0 Å². The van der Waals surface area contributed by atoms with Crippen molar-refractivity contribution in [2.24, 2.45) is 4.99 Å². The van der Waals surface area contributed by atoms with Crippen LogP contribution in [-0.4, -0.2) is 26.2 Å². The number of guanidine groups is 1. The van der Waals surface area contributed by atoms with Crippen molar-refractivity contribution in [3.05, 3.63) is 53.5 Å². The van der Waals surface area contributed by atoms with Gasteiger partial charge in [0.05, 0.1) is 19.9 Å².